The fourth-order valence-corrected chi connectivity index (χ4v) is 3.56. The van der Waals surface area contributed by atoms with Crippen molar-refractivity contribution in [2.45, 2.75) is 18.5 Å². The molecule has 2 atom stereocenters. The second kappa shape index (κ2) is 9.85. The summed E-state index contributed by atoms with van der Waals surface area (Å²) >= 11 is 6.18. The van der Waals surface area contributed by atoms with Gasteiger partial charge in [0.15, 0.2) is 0 Å². The molecule has 2 aromatic carbocycles. The summed E-state index contributed by atoms with van der Waals surface area (Å²) in [5.74, 6) is -0.0494. The first kappa shape index (κ1) is 19.8. The van der Waals surface area contributed by atoms with E-state index in [1.165, 1.54) is 0 Å². The van der Waals surface area contributed by atoms with Gasteiger partial charge >= 0.3 is 0 Å². The summed E-state index contributed by atoms with van der Waals surface area (Å²) in [6, 6.07) is 17.3. The smallest absolute Gasteiger partial charge is 0.221 e. The van der Waals surface area contributed by atoms with E-state index in [4.69, 9.17) is 22.1 Å². The molecule has 1 aliphatic heterocycles. The zero-order chi connectivity index (χ0) is 19.1. The second-order valence-corrected chi connectivity index (χ2v) is 7.18. The molecule has 1 fully saturated rings. The number of nitrogens with two attached hydrogens (primary N) is 1. The Balaban J connectivity index is 1.62. The average Bonchev–Trinajstić information content (AvgIpc) is 2.70. The molecule has 3 rings (SSSR count). The Kier molecular flexibility index (Phi) is 7.24. The highest BCUT2D eigenvalue weighted by molar-refractivity contribution is 6.30. The SMILES string of the molecule is NC(CC(=O)NCC(c1cccc(Cl)c1)N1CCOCC1)c1ccccc1. The fraction of sp³-hybridized carbons (Fsp3) is 0.381. The van der Waals surface area contributed by atoms with E-state index in [0.29, 0.717) is 24.8 Å². The number of carbonyl (C=O) groups is 1. The monoisotopic (exact) mass is 387 g/mol. The summed E-state index contributed by atoms with van der Waals surface area (Å²) in [6.07, 6.45) is 0.259. The zero-order valence-corrected chi connectivity index (χ0v) is 16.1. The molecule has 5 nitrogen and oxygen atoms in total. The topological polar surface area (TPSA) is 67.6 Å². The Morgan fingerprint density at radius 2 is 1.81 bits per heavy atom. The first-order chi connectivity index (χ1) is 13.1. The number of hydrogen-bond donors (Lipinski definition) is 2. The number of ether oxygens (including phenoxy) is 1. The van der Waals surface area contributed by atoms with E-state index in [2.05, 4.69) is 10.2 Å². The van der Waals surface area contributed by atoms with E-state index in [9.17, 15) is 4.79 Å². The minimum absolute atomic E-state index is 0.0494. The highest BCUT2D eigenvalue weighted by Gasteiger charge is 2.23. The van der Waals surface area contributed by atoms with Crippen LogP contribution in [-0.4, -0.2) is 43.7 Å². The van der Waals surface area contributed by atoms with Gasteiger partial charge in [-0.3, -0.25) is 9.69 Å². The van der Waals surface area contributed by atoms with Gasteiger partial charge in [-0.2, -0.15) is 0 Å². The van der Waals surface area contributed by atoms with Crippen LogP contribution in [0.2, 0.25) is 5.02 Å². The normalized spacial score (nSPS) is 17.3. The molecule has 1 aliphatic rings. The number of morpholine rings is 1. The summed E-state index contributed by atoms with van der Waals surface area (Å²) < 4.78 is 5.47. The lowest BCUT2D eigenvalue weighted by molar-refractivity contribution is -0.121. The maximum atomic E-state index is 12.5. The molecule has 0 bridgehead atoms. The van der Waals surface area contributed by atoms with Gasteiger partial charge in [0.2, 0.25) is 5.91 Å². The van der Waals surface area contributed by atoms with E-state index < -0.39 is 0 Å². The molecule has 1 heterocycles. The number of nitrogens with zero attached hydrogens (tertiary/aromatic N) is 1. The fourth-order valence-electron chi connectivity index (χ4n) is 3.36. The van der Waals surface area contributed by atoms with E-state index in [1.54, 1.807) is 0 Å². The van der Waals surface area contributed by atoms with Gasteiger partial charge in [0.05, 0.1) is 19.3 Å². The van der Waals surface area contributed by atoms with E-state index in [0.717, 1.165) is 24.2 Å². The van der Waals surface area contributed by atoms with Crippen LogP contribution in [0, 0.1) is 0 Å². The van der Waals surface area contributed by atoms with Gasteiger partial charge in [-0.15, -0.1) is 0 Å². The van der Waals surface area contributed by atoms with Crippen LogP contribution >= 0.6 is 11.6 Å². The molecule has 0 aliphatic carbocycles. The Morgan fingerprint density at radius 3 is 2.52 bits per heavy atom. The van der Waals surface area contributed by atoms with E-state index in [-0.39, 0.29) is 24.4 Å². The second-order valence-electron chi connectivity index (χ2n) is 6.74. The number of rotatable bonds is 7. The maximum absolute atomic E-state index is 12.5. The number of benzene rings is 2. The van der Waals surface area contributed by atoms with Crippen molar-refractivity contribution in [3.8, 4) is 0 Å². The van der Waals surface area contributed by atoms with Gasteiger partial charge < -0.3 is 15.8 Å². The number of carbonyl (C=O) groups excluding carboxylic acids is 1. The Morgan fingerprint density at radius 1 is 1.11 bits per heavy atom. The van der Waals surface area contributed by atoms with Crippen molar-refractivity contribution in [2.75, 3.05) is 32.8 Å². The molecule has 27 heavy (non-hydrogen) atoms. The van der Waals surface area contributed by atoms with Crippen LogP contribution in [0.5, 0.6) is 0 Å². The van der Waals surface area contributed by atoms with Crippen LogP contribution < -0.4 is 11.1 Å². The number of nitrogens with one attached hydrogen (secondary N) is 1. The number of amides is 1. The average molecular weight is 388 g/mol. The van der Waals surface area contributed by atoms with Gasteiger partial charge in [0, 0.05) is 37.1 Å². The van der Waals surface area contributed by atoms with Crippen molar-refractivity contribution in [1.82, 2.24) is 10.2 Å². The molecule has 144 valence electrons. The molecular weight excluding hydrogens is 362 g/mol. The van der Waals surface area contributed by atoms with Crippen molar-refractivity contribution in [3.05, 3.63) is 70.7 Å². The molecule has 1 amide bonds. The third kappa shape index (κ3) is 5.78. The molecule has 0 saturated carbocycles. The summed E-state index contributed by atoms with van der Waals surface area (Å²) in [5, 5.41) is 3.75. The third-order valence-electron chi connectivity index (χ3n) is 4.85. The summed E-state index contributed by atoms with van der Waals surface area (Å²) in [5.41, 5.74) is 8.23. The maximum Gasteiger partial charge on any atom is 0.221 e. The van der Waals surface area contributed by atoms with Crippen LogP contribution in [0.15, 0.2) is 54.6 Å². The molecule has 1 saturated heterocycles. The molecule has 0 aromatic heterocycles. The minimum atomic E-state index is -0.306. The van der Waals surface area contributed by atoms with Crippen LogP contribution in [0.4, 0.5) is 0 Å². The van der Waals surface area contributed by atoms with Crippen LogP contribution in [-0.2, 0) is 9.53 Å². The summed E-state index contributed by atoms with van der Waals surface area (Å²) in [4.78, 5) is 14.8. The predicted octanol–water partition coefficient (Wildman–Crippen LogP) is 2.92. The number of hydrogen-bond acceptors (Lipinski definition) is 4. The van der Waals surface area contributed by atoms with Crippen LogP contribution in [0.25, 0.3) is 0 Å². The lowest BCUT2D eigenvalue weighted by Crippen LogP contribution is -2.44. The molecule has 2 aromatic rings. The Hall–Kier alpha value is -1.92. The highest BCUT2D eigenvalue weighted by Crippen LogP contribution is 2.24. The van der Waals surface area contributed by atoms with Crippen LogP contribution in [0.3, 0.4) is 0 Å². The van der Waals surface area contributed by atoms with Crippen molar-refractivity contribution < 1.29 is 9.53 Å². The highest BCUT2D eigenvalue weighted by atomic mass is 35.5. The van der Waals surface area contributed by atoms with Gasteiger partial charge in [-0.05, 0) is 23.3 Å². The molecule has 0 spiro atoms. The predicted molar refractivity (Wildman–Crippen MR) is 108 cm³/mol. The largest absolute Gasteiger partial charge is 0.379 e. The first-order valence-corrected chi connectivity index (χ1v) is 9.66. The summed E-state index contributed by atoms with van der Waals surface area (Å²) in [6.45, 7) is 3.57. The lowest BCUT2D eigenvalue weighted by atomic mass is 10.0. The van der Waals surface area contributed by atoms with E-state index >= 15 is 0 Å². The molecule has 2 unspecified atom stereocenters. The van der Waals surface area contributed by atoms with Crippen LogP contribution in [0.1, 0.15) is 29.6 Å². The summed E-state index contributed by atoms with van der Waals surface area (Å²) in [7, 11) is 0. The molecular formula is C21H26ClN3O2. The zero-order valence-electron chi connectivity index (χ0n) is 15.3. The third-order valence-corrected chi connectivity index (χ3v) is 5.08. The molecule has 3 N–H and O–H groups in total. The van der Waals surface area contributed by atoms with E-state index in [1.807, 2.05) is 54.6 Å². The van der Waals surface area contributed by atoms with Gasteiger partial charge in [-0.1, -0.05) is 54.1 Å². The quantitative estimate of drug-likeness (QED) is 0.766. The Bertz CT molecular complexity index is 735. The number of halogens is 1. The Labute approximate surface area is 165 Å². The van der Waals surface area contributed by atoms with Crippen molar-refractivity contribution in [3.63, 3.8) is 0 Å². The van der Waals surface area contributed by atoms with Gasteiger partial charge in [0.25, 0.3) is 0 Å². The molecule has 6 heteroatoms. The van der Waals surface area contributed by atoms with Crippen molar-refractivity contribution >= 4 is 17.5 Å². The molecule has 0 radical (unpaired) electrons. The standard InChI is InChI=1S/C21H26ClN3O2/c22-18-8-4-7-17(13-18)20(25-9-11-27-12-10-25)15-24-21(26)14-19(23)16-5-2-1-3-6-16/h1-8,13,19-20H,9-12,14-15,23H2,(H,24,26). The van der Waals surface area contributed by atoms with Crippen molar-refractivity contribution in [2.24, 2.45) is 5.73 Å². The first-order valence-electron chi connectivity index (χ1n) is 9.28. The lowest BCUT2D eigenvalue weighted by Gasteiger charge is -2.35. The minimum Gasteiger partial charge on any atom is -0.379 e. The van der Waals surface area contributed by atoms with Gasteiger partial charge in [0.1, 0.15) is 0 Å². The van der Waals surface area contributed by atoms with Crippen molar-refractivity contribution in [1.29, 1.82) is 0 Å². The van der Waals surface area contributed by atoms with Gasteiger partial charge in [-0.25, -0.2) is 0 Å².